The molecular weight excluding hydrogens is 256 g/mol. The monoisotopic (exact) mass is 278 g/mol. The van der Waals surface area contributed by atoms with E-state index in [-0.39, 0.29) is 12.4 Å². The van der Waals surface area contributed by atoms with E-state index in [0.29, 0.717) is 0 Å². The molecule has 3 aliphatic rings. The third-order valence-corrected chi connectivity index (χ3v) is 5.14. The van der Waals surface area contributed by atoms with Crippen LogP contribution < -0.4 is 10.6 Å². The van der Waals surface area contributed by atoms with Gasteiger partial charge in [-0.1, -0.05) is 24.3 Å². The molecule has 2 nitrogen and oxygen atoms in total. The van der Waals surface area contributed by atoms with Gasteiger partial charge in [-0.05, 0) is 61.9 Å². The molecular formula is C16H23ClN2. The topological polar surface area (TPSA) is 24.1 Å². The van der Waals surface area contributed by atoms with Crippen molar-refractivity contribution in [2.24, 2.45) is 11.8 Å². The van der Waals surface area contributed by atoms with E-state index in [1.807, 2.05) is 0 Å². The highest BCUT2D eigenvalue weighted by Crippen LogP contribution is 2.56. The van der Waals surface area contributed by atoms with E-state index in [1.165, 1.54) is 38.9 Å². The Kier molecular flexibility index (Phi) is 3.84. The van der Waals surface area contributed by atoms with Crippen molar-refractivity contribution in [3.8, 4) is 0 Å². The second-order valence-corrected chi connectivity index (χ2v) is 6.22. The average molecular weight is 279 g/mol. The molecule has 1 aliphatic heterocycles. The van der Waals surface area contributed by atoms with Crippen LogP contribution in [0.4, 0.5) is 0 Å². The summed E-state index contributed by atoms with van der Waals surface area (Å²) in [5.74, 6) is 2.65. The lowest BCUT2D eigenvalue weighted by atomic mass is 9.98. The lowest BCUT2D eigenvalue weighted by Crippen LogP contribution is -2.35. The second-order valence-electron chi connectivity index (χ2n) is 6.22. The molecule has 0 unspecified atom stereocenters. The number of rotatable bonds is 3. The largest absolute Gasteiger partial charge is 0.317 e. The van der Waals surface area contributed by atoms with Gasteiger partial charge in [0.25, 0.3) is 0 Å². The summed E-state index contributed by atoms with van der Waals surface area (Å²) in [6, 6.07) is 9.82. The maximum atomic E-state index is 3.84. The Balaban J connectivity index is 0.00000110. The molecule has 1 aromatic rings. The summed E-state index contributed by atoms with van der Waals surface area (Å²) in [5, 5.41) is 7.28. The normalized spacial score (nSPS) is 32.3. The summed E-state index contributed by atoms with van der Waals surface area (Å²) in [6.07, 6.45) is 4.02. The fraction of sp³-hybridized carbons (Fsp3) is 0.625. The van der Waals surface area contributed by atoms with Gasteiger partial charge in [0.15, 0.2) is 0 Å². The molecule has 1 heterocycles. The molecule has 0 bridgehead atoms. The molecule has 0 aromatic heterocycles. The number of fused-ring (bicyclic) bond motifs is 3. The van der Waals surface area contributed by atoms with Crippen LogP contribution in [-0.4, -0.2) is 25.7 Å². The van der Waals surface area contributed by atoms with Gasteiger partial charge in [0.05, 0.1) is 0 Å². The number of piperidine rings is 1. The first-order valence-electron chi connectivity index (χ1n) is 7.45. The Morgan fingerprint density at radius 1 is 1.16 bits per heavy atom. The number of nitrogens with one attached hydrogen (secondary N) is 2. The molecule has 0 radical (unpaired) electrons. The van der Waals surface area contributed by atoms with Gasteiger partial charge in [0.1, 0.15) is 0 Å². The van der Waals surface area contributed by atoms with Gasteiger partial charge < -0.3 is 10.6 Å². The van der Waals surface area contributed by atoms with Crippen molar-refractivity contribution in [3.05, 3.63) is 35.4 Å². The molecule has 0 spiro atoms. The van der Waals surface area contributed by atoms with Crippen molar-refractivity contribution in [3.63, 3.8) is 0 Å². The summed E-state index contributed by atoms with van der Waals surface area (Å²) in [5.41, 5.74) is 3.23. The Morgan fingerprint density at radius 2 is 1.95 bits per heavy atom. The average Bonchev–Trinajstić information content (AvgIpc) is 2.97. The minimum Gasteiger partial charge on any atom is -0.317 e. The van der Waals surface area contributed by atoms with Gasteiger partial charge in [-0.2, -0.15) is 0 Å². The minimum atomic E-state index is 0. The quantitative estimate of drug-likeness (QED) is 0.887. The Labute approximate surface area is 121 Å². The van der Waals surface area contributed by atoms with Gasteiger partial charge in [-0.3, -0.25) is 0 Å². The molecule has 2 fully saturated rings. The summed E-state index contributed by atoms with van der Waals surface area (Å²) in [4.78, 5) is 0. The van der Waals surface area contributed by atoms with Gasteiger partial charge in [-0.25, -0.2) is 0 Å². The van der Waals surface area contributed by atoms with Crippen molar-refractivity contribution in [2.75, 3.05) is 19.6 Å². The van der Waals surface area contributed by atoms with Crippen LogP contribution in [0.5, 0.6) is 0 Å². The van der Waals surface area contributed by atoms with Crippen LogP contribution >= 0.6 is 12.4 Å². The highest BCUT2D eigenvalue weighted by atomic mass is 35.5. The van der Waals surface area contributed by atoms with E-state index in [4.69, 9.17) is 0 Å². The zero-order valence-corrected chi connectivity index (χ0v) is 12.1. The second kappa shape index (κ2) is 5.43. The zero-order valence-electron chi connectivity index (χ0n) is 11.3. The molecule has 1 aromatic carbocycles. The molecule has 0 amide bonds. The summed E-state index contributed by atoms with van der Waals surface area (Å²) in [7, 11) is 0. The zero-order chi connectivity index (χ0) is 11.9. The van der Waals surface area contributed by atoms with Gasteiger partial charge in [0, 0.05) is 12.0 Å². The molecule has 104 valence electrons. The van der Waals surface area contributed by atoms with Crippen LogP contribution in [0.1, 0.15) is 29.9 Å². The predicted molar refractivity (Wildman–Crippen MR) is 81.0 cm³/mol. The van der Waals surface area contributed by atoms with Crippen molar-refractivity contribution >= 4 is 12.4 Å². The van der Waals surface area contributed by atoms with Crippen LogP contribution in [0.15, 0.2) is 24.3 Å². The maximum absolute atomic E-state index is 3.84. The molecule has 2 N–H and O–H groups in total. The van der Waals surface area contributed by atoms with Gasteiger partial charge >= 0.3 is 0 Å². The van der Waals surface area contributed by atoms with Crippen molar-refractivity contribution in [1.29, 1.82) is 0 Å². The first-order valence-corrected chi connectivity index (χ1v) is 7.45. The smallest absolute Gasteiger partial charge is 0.0177 e. The van der Waals surface area contributed by atoms with E-state index < -0.39 is 0 Å². The molecule has 1 saturated carbocycles. The number of benzene rings is 1. The first-order chi connectivity index (χ1) is 8.93. The summed E-state index contributed by atoms with van der Waals surface area (Å²) < 4.78 is 0. The van der Waals surface area contributed by atoms with Crippen LogP contribution in [-0.2, 0) is 6.42 Å². The van der Waals surface area contributed by atoms with E-state index in [2.05, 4.69) is 34.9 Å². The van der Waals surface area contributed by atoms with E-state index in [1.54, 1.807) is 11.1 Å². The lowest BCUT2D eigenvalue weighted by molar-refractivity contribution is 0.352. The molecule has 3 heteroatoms. The molecule has 3 atom stereocenters. The van der Waals surface area contributed by atoms with Crippen molar-refractivity contribution < 1.29 is 0 Å². The standard InChI is InChI=1S/C16H22N2.ClH/c1-2-4-13-12(3-1)9-14-15(13)16(14)18-10-11-5-7-17-8-6-11;/h1-4,11,14-18H,5-10H2;1H/t14-,15+,16-;/m0./s1. The fourth-order valence-electron chi connectivity index (χ4n) is 4.02. The van der Waals surface area contributed by atoms with E-state index in [0.717, 1.165) is 23.8 Å². The Hall–Kier alpha value is -0.570. The summed E-state index contributed by atoms with van der Waals surface area (Å²) >= 11 is 0. The van der Waals surface area contributed by atoms with E-state index in [9.17, 15) is 0 Å². The number of halogens is 1. The highest BCUT2D eigenvalue weighted by molar-refractivity contribution is 5.85. The lowest BCUT2D eigenvalue weighted by Gasteiger charge is -2.23. The van der Waals surface area contributed by atoms with Crippen molar-refractivity contribution in [2.45, 2.75) is 31.2 Å². The van der Waals surface area contributed by atoms with Gasteiger partial charge in [0.2, 0.25) is 0 Å². The Morgan fingerprint density at radius 3 is 2.79 bits per heavy atom. The Bertz CT molecular complexity index is 442. The van der Waals surface area contributed by atoms with Crippen LogP contribution in [0.2, 0.25) is 0 Å². The fourth-order valence-corrected chi connectivity index (χ4v) is 4.02. The van der Waals surface area contributed by atoms with Crippen LogP contribution in [0.25, 0.3) is 0 Å². The number of hydrogen-bond acceptors (Lipinski definition) is 2. The molecule has 4 rings (SSSR count). The highest BCUT2D eigenvalue weighted by Gasteiger charge is 2.55. The van der Waals surface area contributed by atoms with E-state index >= 15 is 0 Å². The first kappa shape index (κ1) is 13.4. The maximum Gasteiger partial charge on any atom is 0.0177 e. The van der Waals surface area contributed by atoms with Crippen LogP contribution in [0, 0.1) is 11.8 Å². The third kappa shape index (κ3) is 2.42. The van der Waals surface area contributed by atoms with Crippen molar-refractivity contribution in [1.82, 2.24) is 10.6 Å². The van der Waals surface area contributed by atoms with Gasteiger partial charge in [-0.15, -0.1) is 12.4 Å². The minimum absolute atomic E-state index is 0. The number of hydrogen-bond donors (Lipinski definition) is 2. The molecule has 1 saturated heterocycles. The third-order valence-electron chi connectivity index (χ3n) is 5.14. The molecule has 2 aliphatic carbocycles. The van der Waals surface area contributed by atoms with Crippen LogP contribution in [0.3, 0.4) is 0 Å². The summed E-state index contributed by atoms with van der Waals surface area (Å²) in [6.45, 7) is 3.67. The SMILES string of the molecule is Cl.c1ccc2c(c1)C[C@@H]1[C@H](NCC3CCNCC3)[C@H]21. The molecule has 19 heavy (non-hydrogen) atoms. The predicted octanol–water partition coefficient (Wildman–Crippen LogP) is 2.34.